The summed E-state index contributed by atoms with van der Waals surface area (Å²) < 4.78 is 10.3. The van der Waals surface area contributed by atoms with E-state index in [1.807, 2.05) is 0 Å². The lowest BCUT2D eigenvalue weighted by molar-refractivity contribution is -0.286. The first kappa shape index (κ1) is 31.1. The third-order valence-corrected chi connectivity index (χ3v) is 12.4. The maximum absolute atomic E-state index is 12.7. The van der Waals surface area contributed by atoms with Crippen molar-refractivity contribution in [2.75, 3.05) is 0 Å². The van der Waals surface area contributed by atoms with Gasteiger partial charge in [0.25, 0.3) is 0 Å². The summed E-state index contributed by atoms with van der Waals surface area (Å²) in [7, 11) is 0. The fourth-order valence-corrected chi connectivity index (χ4v) is 10.1. The van der Waals surface area contributed by atoms with Gasteiger partial charge in [0.15, 0.2) is 6.10 Å². The van der Waals surface area contributed by atoms with Gasteiger partial charge < -0.3 is 45.2 Å². The quantitative estimate of drug-likeness (QED) is 0.218. The Bertz CT molecular complexity index is 991. The Morgan fingerprint density at radius 1 is 0.829 bits per heavy atom. The van der Waals surface area contributed by atoms with Crippen molar-refractivity contribution in [3.05, 3.63) is 0 Å². The summed E-state index contributed by atoms with van der Waals surface area (Å²) in [5, 5.41) is 72.2. The molecular weight excluding hydrogens is 536 g/mol. The molecule has 11 nitrogen and oxygen atoms in total. The van der Waals surface area contributed by atoms with Gasteiger partial charge in [-0.3, -0.25) is 4.79 Å². The van der Waals surface area contributed by atoms with Gasteiger partial charge in [-0.05, 0) is 97.7 Å². The number of aliphatic hydroxyl groups excluding tert-OH is 6. The molecule has 16 unspecified atom stereocenters. The van der Waals surface area contributed by atoms with Crippen molar-refractivity contribution in [2.24, 2.45) is 46.3 Å². The number of fused-ring (bicyclic) bond motifs is 5. The number of aliphatic carboxylic acids is 1. The van der Waals surface area contributed by atoms with Crippen LogP contribution in [0.25, 0.3) is 0 Å². The molecule has 234 valence electrons. The molecule has 0 bridgehead atoms. The van der Waals surface area contributed by atoms with Crippen LogP contribution in [0.1, 0.15) is 78.6 Å². The number of hydrogen-bond acceptors (Lipinski definition) is 10. The van der Waals surface area contributed by atoms with Crippen molar-refractivity contribution in [2.45, 2.75) is 128 Å². The van der Waals surface area contributed by atoms with E-state index in [2.05, 4.69) is 20.8 Å². The normalized spacial score (nSPS) is 52.1. The molecule has 4 aliphatic carbocycles. The maximum atomic E-state index is 12.7. The monoisotopic (exact) mass is 584 g/mol. The van der Waals surface area contributed by atoms with E-state index in [9.17, 15) is 45.3 Å². The number of hydrogen-bond donors (Lipinski definition) is 7. The van der Waals surface area contributed by atoms with E-state index in [1.165, 1.54) is 0 Å². The van der Waals surface area contributed by atoms with Gasteiger partial charge in [0.05, 0.1) is 18.3 Å². The van der Waals surface area contributed by atoms with Gasteiger partial charge in [-0.25, -0.2) is 4.79 Å². The minimum Gasteiger partial charge on any atom is -0.479 e. The van der Waals surface area contributed by atoms with Gasteiger partial charge in [-0.1, -0.05) is 20.8 Å². The SMILES string of the molecule is CC(CCC(=O)OC1OC(C(=O)O)C(O)C(O)C1O)C1CCC2C3C(O)C(O)C4CC(O)CCC4(C)C3CCC12C. The van der Waals surface area contributed by atoms with Crippen LogP contribution in [0.4, 0.5) is 0 Å². The zero-order valence-corrected chi connectivity index (χ0v) is 24.2. The Kier molecular flexibility index (Phi) is 8.57. The lowest BCUT2D eigenvalue weighted by Crippen LogP contribution is -2.64. The van der Waals surface area contributed by atoms with Gasteiger partial charge in [0.1, 0.15) is 18.3 Å². The van der Waals surface area contributed by atoms with Gasteiger partial charge >= 0.3 is 11.9 Å². The molecule has 5 aliphatic rings. The molecule has 5 fully saturated rings. The summed E-state index contributed by atoms with van der Waals surface area (Å²) in [5.74, 6) is -1.35. The van der Waals surface area contributed by atoms with Crippen LogP contribution < -0.4 is 0 Å². The smallest absolute Gasteiger partial charge is 0.335 e. The van der Waals surface area contributed by atoms with E-state index in [1.54, 1.807) is 0 Å². The van der Waals surface area contributed by atoms with Crippen LogP contribution in [0, 0.1) is 46.3 Å². The average molecular weight is 585 g/mol. The van der Waals surface area contributed by atoms with Crippen LogP contribution in [0.2, 0.25) is 0 Å². The highest BCUT2D eigenvalue weighted by Crippen LogP contribution is 2.68. The molecule has 0 aromatic rings. The zero-order chi connectivity index (χ0) is 30.0. The largest absolute Gasteiger partial charge is 0.479 e. The highest BCUT2D eigenvalue weighted by atomic mass is 16.7. The van der Waals surface area contributed by atoms with E-state index >= 15 is 0 Å². The topological polar surface area (TPSA) is 194 Å². The molecule has 1 aliphatic heterocycles. The molecule has 16 atom stereocenters. The molecule has 0 aromatic heterocycles. The molecule has 0 radical (unpaired) electrons. The van der Waals surface area contributed by atoms with E-state index in [4.69, 9.17) is 9.47 Å². The molecule has 7 N–H and O–H groups in total. The molecule has 0 aromatic carbocycles. The van der Waals surface area contributed by atoms with Crippen molar-refractivity contribution >= 4 is 11.9 Å². The van der Waals surface area contributed by atoms with Gasteiger partial charge in [0.2, 0.25) is 6.29 Å². The van der Waals surface area contributed by atoms with Crippen molar-refractivity contribution in [3.63, 3.8) is 0 Å². The minimum absolute atomic E-state index is 0.00342. The number of esters is 1. The van der Waals surface area contributed by atoms with E-state index in [0.717, 1.165) is 38.5 Å². The molecule has 0 spiro atoms. The second kappa shape index (κ2) is 11.3. The fourth-order valence-electron chi connectivity index (χ4n) is 10.1. The van der Waals surface area contributed by atoms with Crippen molar-refractivity contribution < 1.29 is 54.8 Å². The molecule has 11 heteroatoms. The van der Waals surface area contributed by atoms with Gasteiger partial charge in [-0.15, -0.1) is 0 Å². The first-order valence-corrected chi connectivity index (χ1v) is 15.4. The molecule has 41 heavy (non-hydrogen) atoms. The Morgan fingerprint density at radius 2 is 1.49 bits per heavy atom. The van der Waals surface area contributed by atoms with E-state index in [0.29, 0.717) is 24.7 Å². The van der Waals surface area contributed by atoms with E-state index in [-0.39, 0.29) is 40.9 Å². The van der Waals surface area contributed by atoms with Gasteiger partial charge in [0, 0.05) is 6.42 Å². The summed E-state index contributed by atoms with van der Waals surface area (Å²) in [4.78, 5) is 24.0. The lowest BCUT2D eigenvalue weighted by Gasteiger charge is -2.63. The van der Waals surface area contributed by atoms with Crippen LogP contribution in [-0.4, -0.2) is 96.7 Å². The molecule has 1 saturated heterocycles. The summed E-state index contributed by atoms with van der Waals surface area (Å²) in [6.45, 7) is 6.66. The van der Waals surface area contributed by atoms with E-state index < -0.39 is 61.0 Å². The number of carbonyl (C=O) groups excluding carboxylic acids is 1. The minimum atomic E-state index is -1.86. The highest BCUT2D eigenvalue weighted by molar-refractivity contribution is 5.73. The number of rotatable bonds is 6. The maximum Gasteiger partial charge on any atom is 0.335 e. The van der Waals surface area contributed by atoms with Crippen LogP contribution in [0.5, 0.6) is 0 Å². The molecule has 0 amide bonds. The molecule has 5 rings (SSSR count). The predicted molar refractivity (Wildman–Crippen MR) is 143 cm³/mol. The summed E-state index contributed by atoms with van der Waals surface area (Å²) >= 11 is 0. The lowest BCUT2D eigenvalue weighted by atomic mass is 9.43. The summed E-state index contributed by atoms with van der Waals surface area (Å²) in [6.07, 6.45) is -4.58. The highest BCUT2D eigenvalue weighted by Gasteiger charge is 2.65. The van der Waals surface area contributed by atoms with Crippen molar-refractivity contribution in [1.82, 2.24) is 0 Å². The molecule has 1 heterocycles. The third kappa shape index (κ3) is 5.13. The first-order valence-electron chi connectivity index (χ1n) is 15.4. The van der Waals surface area contributed by atoms with Crippen LogP contribution in [0.15, 0.2) is 0 Å². The summed E-state index contributed by atoms with van der Waals surface area (Å²) in [5.41, 5.74) is -0.160. The van der Waals surface area contributed by atoms with Crippen molar-refractivity contribution in [1.29, 1.82) is 0 Å². The Labute approximate surface area is 240 Å². The third-order valence-electron chi connectivity index (χ3n) is 12.4. The fraction of sp³-hybridized carbons (Fsp3) is 0.933. The van der Waals surface area contributed by atoms with Crippen molar-refractivity contribution in [3.8, 4) is 0 Å². The van der Waals surface area contributed by atoms with Gasteiger partial charge in [-0.2, -0.15) is 0 Å². The predicted octanol–water partition coefficient (Wildman–Crippen LogP) is 0.800. The second-order valence-corrected chi connectivity index (χ2v) is 14.3. The number of aliphatic hydroxyl groups is 6. The Balaban J connectivity index is 1.22. The van der Waals surface area contributed by atoms with Crippen LogP contribution in [0.3, 0.4) is 0 Å². The van der Waals surface area contributed by atoms with Crippen LogP contribution in [-0.2, 0) is 19.1 Å². The van der Waals surface area contributed by atoms with Crippen LogP contribution >= 0.6 is 0 Å². The Hall–Kier alpha value is -1.34. The standard InChI is InChI=1S/C30H48O11/c1-13(4-7-19(32)40-28-25(37)23(35)24(36)26(41-28)27(38)39)15-5-6-16-20-17(9-11-29(15,16)2)30(3)10-8-14(31)12-18(30)21(33)22(20)34/h13-18,20-26,28,31,33-37H,4-12H2,1-3H3,(H,38,39). The molecule has 4 saturated carbocycles. The zero-order valence-electron chi connectivity index (χ0n) is 24.2. The number of carboxylic acids is 1. The average Bonchev–Trinajstić information content (AvgIpc) is 3.28. The number of ether oxygens (including phenoxy) is 2. The number of carbonyl (C=O) groups is 2. The second-order valence-electron chi connectivity index (χ2n) is 14.3. The summed E-state index contributed by atoms with van der Waals surface area (Å²) in [6, 6.07) is 0. The molecular formula is C30H48O11. The number of carboxylic acid groups (broad SMARTS) is 1. The Morgan fingerprint density at radius 3 is 2.17 bits per heavy atom. The first-order chi connectivity index (χ1) is 19.2.